The molecular weight excluding hydrogens is 318 g/mol. The molecule has 0 bridgehead atoms. The molecule has 1 N–H and O–H groups in total. The van der Waals surface area contributed by atoms with Crippen LogP contribution >= 0.6 is 0 Å². The molecule has 0 aliphatic heterocycles. The van der Waals surface area contributed by atoms with Crippen LogP contribution in [0.3, 0.4) is 0 Å². The van der Waals surface area contributed by atoms with Gasteiger partial charge in [0.05, 0.1) is 7.11 Å². The van der Waals surface area contributed by atoms with Crippen molar-refractivity contribution in [3.05, 3.63) is 59.2 Å². The third-order valence-corrected chi connectivity index (χ3v) is 5.60. The number of anilines is 1. The predicted octanol–water partition coefficient (Wildman–Crippen LogP) is 6.65. The minimum absolute atomic E-state index is 0.192. The molecule has 1 fully saturated rings. The second-order valence-corrected chi connectivity index (χ2v) is 8.59. The predicted molar refractivity (Wildman–Crippen MR) is 111 cm³/mol. The van der Waals surface area contributed by atoms with E-state index < -0.39 is 0 Å². The fraction of sp³-hybridized carbons (Fsp3) is 0.500. The first-order valence-electron chi connectivity index (χ1n) is 9.98. The fourth-order valence-corrected chi connectivity index (χ4v) is 3.88. The van der Waals surface area contributed by atoms with Crippen LogP contribution in [0.15, 0.2) is 42.5 Å². The monoisotopic (exact) mass is 351 g/mol. The van der Waals surface area contributed by atoms with Gasteiger partial charge in [0.25, 0.3) is 0 Å². The first kappa shape index (κ1) is 18.8. The molecule has 2 aromatic carbocycles. The Morgan fingerprint density at radius 2 is 1.65 bits per heavy atom. The number of rotatable bonds is 5. The minimum Gasteiger partial charge on any atom is -0.497 e. The Bertz CT molecular complexity index is 706. The fourth-order valence-electron chi connectivity index (χ4n) is 3.88. The number of nitrogens with one attached hydrogen (secondary N) is 1. The molecule has 0 atom stereocenters. The van der Waals surface area contributed by atoms with Crippen molar-refractivity contribution in [1.29, 1.82) is 0 Å². The molecule has 3 rings (SSSR count). The van der Waals surface area contributed by atoms with Crippen LogP contribution in [0.4, 0.5) is 5.69 Å². The van der Waals surface area contributed by atoms with Gasteiger partial charge in [-0.15, -0.1) is 0 Å². The van der Waals surface area contributed by atoms with E-state index >= 15 is 0 Å². The number of hydrogen-bond acceptors (Lipinski definition) is 2. The number of hydrogen-bond donors (Lipinski definition) is 1. The molecule has 0 unspecified atom stereocenters. The van der Waals surface area contributed by atoms with Gasteiger partial charge in [-0.25, -0.2) is 0 Å². The maximum atomic E-state index is 5.26. The summed E-state index contributed by atoms with van der Waals surface area (Å²) >= 11 is 0. The van der Waals surface area contributed by atoms with Gasteiger partial charge in [0.1, 0.15) is 5.75 Å². The van der Waals surface area contributed by atoms with E-state index in [2.05, 4.69) is 56.4 Å². The van der Waals surface area contributed by atoms with E-state index in [1.165, 1.54) is 54.5 Å². The highest BCUT2D eigenvalue weighted by Gasteiger charge is 2.22. The summed E-state index contributed by atoms with van der Waals surface area (Å²) in [6.07, 6.45) is 6.77. The van der Waals surface area contributed by atoms with E-state index in [0.29, 0.717) is 5.92 Å². The van der Waals surface area contributed by atoms with Crippen molar-refractivity contribution in [2.24, 2.45) is 0 Å². The van der Waals surface area contributed by atoms with Gasteiger partial charge in [-0.3, -0.25) is 0 Å². The Labute approximate surface area is 159 Å². The Morgan fingerprint density at radius 3 is 2.27 bits per heavy atom. The maximum Gasteiger partial charge on any atom is 0.118 e. The normalized spacial score (nSPS) is 15.7. The highest BCUT2D eigenvalue weighted by atomic mass is 16.5. The van der Waals surface area contributed by atoms with Crippen molar-refractivity contribution in [3.63, 3.8) is 0 Å². The summed E-state index contributed by atoms with van der Waals surface area (Å²) in [5.74, 6) is 1.61. The van der Waals surface area contributed by atoms with E-state index in [1.54, 1.807) is 7.11 Å². The highest BCUT2D eigenvalue weighted by Crippen LogP contribution is 2.38. The largest absolute Gasteiger partial charge is 0.497 e. The van der Waals surface area contributed by atoms with Gasteiger partial charge in [0, 0.05) is 12.2 Å². The first-order valence-corrected chi connectivity index (χ1v) is 9.98. The molecule has 140 valence electrons. The van der Waals surface area contributed by atoms with E-state index in [0.717, 1.165) is 12.3 Å². The zero-order chi connectivity index (χ0) is 18.6. The lowest BCUT2D eigenvalue weighted by molar-refractivity contribution is 0.414. The number of ether oxygens (including phenoxy) is 1. The van der Waals surface area contributed by atoms with E-state index in [1.807, 2.05) is 12.1 Å². The van der Waals surface area contributed by atoms with Crippen LogP contribution in [-0.4, -0.2) is 7.11 Å². The average Bonchev–Trinajstić information content (AvgIpc) is 2.66. The smallest absolute Gasteiger partial charge is 0.118 e. The van der Waals surface area contributed by atoms with Crippen LogP contribution < -0.4 is 10.1 Å². The molecule has 1 aliphatic rings. The molecule has 0 radical (unpaired) electrons. The van der Waals surface area contributed by atoms with Crippen molar-refractivity contribution < 1.29 is 4.74 Å². The summed E-state index contributed by atoms with van der Waals surface area (Å²) in [5.41, 5.74) is 5.73. The van der Waals surface area contributed by atoms with Crippen molar-refractivity contribution in [2.45, 2.75) is 70.8 Å². The van der Waals surface area contributed by atoms with Crippen LogP contribution in [0.2, 0.25) is 0 Å². The van der Waals surface area contributed by atoms with Gasteiger partial charge in [0.2, 0.25) is 0 Å². The zero-order valence-electron chi connectivity index (χ0n) is 16.8. The van der Waals surface area contributed by atoms with Crippen LogP contribution in [-0.2, 0) is 12.0 Å². The SMILES string of the molecule is COc1ccc(CNc2ccc(C(C)(C)C)cc2C2CCCCC2)cc1. The molecule has 2 heteroatoms. The van der Waals surface area contributed by atoms with Crippen LogP contribution in [0.1, 0.15) is 75.5 Å². The van der Waals surface area contributed by atoms with Gasteiger partial charge in [-0.05, 0) is 59.1 Å². The van der Waals surface area contributed by atoms with E-state index in [4.69, 9.17) is 4.74 Å². The molecule has 1 saturated carbocycles. The van der Waals surface area contributed by atoms with Crippen LogP contribution in [0.5, 0.6) is 5.75 Å². The summed E-state index contributed by atoms with van der Waals surface area (Å²) in [6.45, 7) is 7.75. The van der Waals surface area contributed by atoms with Gasteiger partial charge in [0.15, 0.2) is 0 Å². The van der Waals surface area contributed by atoms with Crippen LogP contribution in [0.25, 0.3) is 0 Å². The molecular formula is C24H33NO. The van der Waals surface area contributed by atoms with Gasteiger partial charge in [-0.2, -0.15) is 0 Å². The standard InChI is InChI=1S/C24H33NO/c1-24(2,3)20-12-15-23(22(16-20)19-8-6-5-7-9-19)25-17-18-10-13-21(26-4)14-11-18/h10-16,19,25H,5-9,17H2,1-4H3. The molecule has 26 heavy (non-hydrogen) atoms. The van der Waals surface area contributed by atoms with Gasteiger partial charge in [-0.1, -0.05) is 64.3 Å². The van der Waals surface area contributed by atoms with Crippen molar-refractivity contribution in [2.75, 3.05) is 12.4 Å². The van der Waals surface area contributed by atoms with E-state index in [-0.39, 0.29) is 5.41 Å². The topological polar surface area (TPSA) is 21.3 Å². The molecule has 0 amide bonds. The molecule has 0 spiro atoms. The lowest BCUT2D eigenvalue weighted by Gasteiger charge is -2.28. The number of benzene rings is 2. The molecule has 0 heterocycles. The van der Waals surface area contributed by atoms with Crippen molar-refractivity contribution in [3.8, 4) is 5.75 Å². The van der Waals surface area contributed by atoms with Gasteiger partial charge >= 0.3 is 0 Å². The molecule has 1 aliphatic carbocycles. The summed E-state index contributed by atoms with van der Waals surface area (Å²) in [4.78, 5) is 0. The zero-order valence-corrected chi connectivity index (χ0v) is 16.8. The molecule has 0 saturated heterocycles. The summed E-state index contributed by atoms with van der Waals surface area (Å²) < 4.78 is 5.26. The average molecular weight is 352 g/mol. The number of methoxy groups -OCH3 is 1. The lowest BCUT2D eigenvalue weighted by Crippen LogP contribution is -2.15. The second kappa shape index (κ2) is 8.16. The van der Waals surface area contributed by atoms with Crippen molar-refractivity contribution >= 4 is 5.69 Å². The minimum atomic E-state index is 0.192. The Morgan fingerprint density at radius 1 is 0.962 bits per heavy atom. The Kier molecular flexibility index (Phi) is 5.90. The summed E-state index contributed by atoms with van der Waals surface area (Å²) in [5, 5.41) is 3.70. The maximum absolute atomic E-state index is 5.26. The van der Waals surface area contributed by atoms with Gasteiger partial charge < -0.3 is 10.1 Å². The quantitative estimate of drug-likeness (QED) is 0.651. The third-order valence-electron chi connectivity index (χ3n) is 5.60. The molecule has 2 nitrogen and oxygen atoms in total. The van der Waals surface area contributed by atoms with Crippen molar-refractivity contribution in [1.82, 2.24) is 0 Å². The van der Waals surface area contributed by atoms with Crippen LogP contribution in [0, 0.1) is 0 Å². The highest BCUT2D eigenvalue weighted by molar-refractivity contribution is 5.56. The summed E-state index contributed by atoms with van der Waals surface area (Å²) in [7, 11) is 1.71. The Balaban J connectivity index is 1.81. The molecule has 0 aromatic heterocycles. The molecule has 2 aromatic rings. The first-order chi connectivity index (χ1) is 12.5. The summed E-state index contributed by atoms with van der Waals surface area (Å²) in [6, 6.07) is 15.4. The lowest BCUT2D eigenvalue weighted by atomic mass is 9.79. The van der Waals surface area contributed by atoms with E-state index in [9.17, 15) is 0 Å². The third kappa shape index (κ3) is 4.60. The second-order valence-electron chi connectivity index (χ2n) is 8.59. The Hall–Kier alpha value is -1.96.